The molecular weight excluding hydrogens is 254 g/mol. The third-order valence-electron chi connectivity index (χ3n) is 3.27. The maximum absolute atomic E-state index is 10.4. The van der Waals surface area contributed by atoms with Crippen LogP contribution in [-0.2, 0) is 0 Å². The molecule has 1 saturated carbocycles. The molecule has 0 aromatic carbocycles. The molecule has 1 aliphatic rings. The first-order chi connectivity index (χ1) is 8.06. The van der Waals surface area contributed by atoms with Crippen molar-refractivity contribution in [3.05, 3.63) is 0 Å². The zero-order valence-electron chi connectivity index (χ0n) is 10.3. The number of likely N-dealkylation sites (N-methyl/N-ethyl adjacent to an activating group) is 1. The van der Waals surface area contributed by atoms with Gasteiger partial charge in [-0.2, -0.15) is 4.37 Å². The van der Waals surface area contributed by atoms with E-state index in [9.17, 15) is 5.11 Å². The third-order valence-corrected chi connectivity index (χ3v) is 5.19. The molecule has 0 amide bonds. The highest BCUT2D eigenvalue weighted by Gasteiger charge is 2.33. The number of nitrogen functional groups attached to an aromatic ring is 1. The van der Waals surface area contributed by atoms with Gasteiger partial charge in [-0.3, -0.25) is 0 Å². The molecule has 0 bridgehead atoms. The second-order valence-corrected chi connectivity index (χ2v) is 6.26. The quantitative estimate of drug-likeness (QED) is 0.823. The topological polar surface area (TPSA) is 62.4 Å². The van der Waals surface area contributed by atoms with Crippen LogP contribution in [-0.4, -0.2) is 34.9 Å². The predicted molar refractivity (Wildman–Crippen MR) is 75.0 cm³/mol. The van der Waals surface area contributed by atoms with Gasteiger partial charge in [0.15, 0.2) is 5.82 Å². The molecule has 4 nitrogen and oxygen atoms in total. The van der Waals surface area contributed by atoms with Crippen molar-refractivity contribution in [1.29, 1.82) is 0 Å². The van der Waals surface area contributed by atoms with E-state index in [0.717, 1.165) is 35.6 Å². The summed E-state index contributed by atoms with van der Waals surface area (Å²) in [5, 5.41) is 11.5. The first kappa shape index (κ1) is 13.0. The molecule has 0 atom stereocenters. The van der Waals surface area contributed by atoms with Crippen molar-refractivity contribution in [2.45, 2.75) is 36.2 Å². The van der Waals surface area contributed by atoms with E-state index < -0.39 is 5.60 Å². The molecule has 1 aromatic heterocycles. The largest absolute Gasteiger partial charge is 0.388 e. The smallest absolute Gasteiger partial charge is 0.153 e. The molecule has 1 heterocycles. The minimum atomic E-state index is -0.525. The molecule has 96 valence electrons. The van der Waals surface area contributed by atoms with Crippen LogP contribution in [0.2, 0.25) is 0 Å². The number of hydrogen-bond donors (Lipinski definition) is 2. The number of nitrogens with two attached hydrogens (primary N) is 1. The Morgan fingerprint density at radius 1 is 1.53 bits per heavy atom. The molecule has 1 aliphatic carbocycles. The van der Waals surface area contributed by atoms with Crippen LogP contribution in [0.1, 0.15) is 25.7 Å². The Kier molecular flexibility index (Phi) is 3.85. The van der Waals surface area contributed by atoms with Crippen LogP contribution < -0.4 is 10.6 Å². The van der Waals surface area contributed by atoms with Gasteiger partial charge in [0, 0.05) is 13.6 Å². The number of thioether (sulfide) groups is 1. The van der Waals surface area contributed by atoms with E-state index in [1.165, 1.54) is 11.5 Å². The van der Waals surface area contributed by atoms with Gasteiger partial charge in [-0.25, -0.2) is 0 Å². The first-order valence-electron chi connectivity index (χ1n) is 5.78. The standard InChI is InChI=1S/C11H19N3OS2/c1-14(7-11(15)5-3-4-6-11)10-8(16-2)9(12)13-17-10/h15H,3-7H2,1-2H3,(H2,12,13). The Balaban J connectivity index is 2.11. The van der Waals surface area contributed by atoms with E-state index in [2.05, 4.69) is 9.27 Å². The first-order valence-corrected chi connectivity index (χ1v) is 7.78. The average molecular weight is 273 g/mol. The van der Waals surface area contributed by atoms with E-state index in [1.807, 2.05) is 13.3 Å². The average Bonchev–Trinajstić information content (AvgIpc) is 2.84. The van der Waals surface area contributed by atoms with Gasteiger partial charge in [0.05, 0.1) is 10.5 Å². The van der Waals surface area contributed by atoms with E-state index in [-0.39, 0.29) is 0 Å². The SMILES string of the molecule is CSc1c(N)nsc1N(C)CC1(O)CCCC1. The lowest BCUT2D eigenvalue weighted by atomic mass is 10.0. The van der Waals surface area contributed by atoms with E-state index >= 15 is 0 Å². The van der Waals surface area contributed by atoms with Gasteiger partial charge in [0.2, 0.25) is 0 Å². The zero-order chi connectivity index (χ0) is 12.5. The number of rotatable bonds is 4. The minimum Gasteiger partial charge on any atom is -0.388 e. The van der Waals surface area contributed by atoms with Gasteiger partial charge >= 0.3 is 0 Å². The van der Waals surface area contributed by atoms with E-state index in [4.69, 9.17) is 5.73 Å². The van der Waals surface area contributed by atoms with Crippen LogP contribution in [0.4, 0.5) is 10.8 Å². The Bertz CT molecular complexity index is 388. The lowest BCUT2D eigenvalue weighted by molar-refractivity contribution is 0.0560. The number of aromatic nitrogens is 1. The fourth-order valence-corrected chi connectivity index (χ4v) is 4.10. The highest BCUT2D eigenvalue weighted by Crippen LogP contribution is 2.39. The second kappa shape index (κ2) is 5.04. The van der Waals surface area contributed by atoms with Crippen LogP contribution in [0, 0.1) is 0 Å². The maximum atomic E-state index is 10.4. The second-order valence-electron chi connectivity index (χ2n) is 4.69. The highest BCUT2D eigenvalue weighted by atomic mass is 32.2. The van der Waals surface area contributed by atoms with Crippen LogP contribution >= 0.6 is 23.3 Å². The van der Waals surface area contributed by atoms with Gasteiger partial charge in [0.1, 0.15) is 5.00 Å². The molecule has 2 rings (SSSR count). The van der Waals surface area contributed by atoms with Gasteiger partial charge < -0.3 is 15.7 Å². The number of nitrogens with zero attached hydrogens (tertiary/aromatic N) is 2. The molecule has 0 spiro atoms. The van der Waals surface area contributed by atoms with Crippen molar-refractivity contribution in [1.82, 2.24) is 4.37 Å². The summed E-state index contributed by atoms with van der Waals surface area (Å²) in [4.78, 5) is 3.12. The molecule has 3 N–H and O–H groups in total. The van der Waals surface area contributed by atoms with Crippen molar-refractivity contribution in [2.24, 2.45) is 0 Å². The summed E-state index contributed by atoms with van der Waals surface area (Å²) in [7, 11) is 2.00. The molecule has 1 fully saturated rings. The number of hydrogen-bond acceptors (Lipinski definition) is 6. The van der Waals surface area contributed by atoms with Crippen molar-refractivity contribution in [2.75, 3.05) is 30.5 Å². The fourth-order valence-electron chi connectivity index (χ4n) is 2.42. The summed E-state index contributed by atoms with van der Waals surface area (Å²) >= 11 is 3.02. The fraction of sp³-hybridized carbons (Fsp3) is 0.727. The Hall–Kier alpha value is -0.460. The summed E-state index contributed by atoms with van der Waals surface area (Å²) in [5.41, 5.74) is 5.30. The minimum absolute atomic E-state index is 0.525. The number of aliphatic hydroxyl groups is 1. The highest BCUT2D eigenvalue weighted by molar-refractivity contribution is 7.99. The Morgan fingerprint density at radius 2 is 2.18 bits per heavy atom. The molecule has 6 heteroatoms. The zero-order valence-corrected chi connectivity index (χ0v) is 11.9. The molecule has 0 saturated heterocycles. The van der Waals surface area contributed by atoms with Gasteiger partial charge in [-0.1, -0.05) is 12.8 Å². The summed E-state index contributed by atoms with van der Waals surface area (Å²) in [6.45, 7) is 0.669. The predicted octanol–water partition coefficient (Wildman–Crippen LogP) is 2.19. The molecule has 17 heavy (non-hydrogen) atoms. The lowest BCUT2D eigenvalue weighted by Crippen LogP contribution is -2.39. The van der Waals surface area contributed by atoms with Crippen molar-refractivity contribution in [3.8, 4) is 0 Å². The van der Waals surface area contributed by atoms with Crippen LogP contribution in [0.25, 0.3) is 0 Å². The molecule has 0 unspecified atom stereocenters. The molecular formula is C11H19N3OS2. The summed E-state index contributed by atoms with van der Waals surface area (Å²) < 4.78 is 4.18. The lowest BCUT2D eigenvalue weighted by Gasteiger charge is -2.29. The van der Waals surface area contributed by atoms with E-state index in [0.29, 0.717) is 12.4 Å². The van der Waals surface area contributed by atoms with Gasteiger partial charge in [-0.15, -0.1) is 11.8 Å². The van der Waals surface area contributed by atoms with Crippen LogP contribution in [0.15, 0.2) is 4.90 Å². The van der Waals surface area contributed by atoms with Crippen molar-refractivity contribution < 1.29 is 5.11 Å². The molecule has 0 aliphatic heterocycles. The summed E-state index contributed by atoms with van der Waals surface area (Å²) in [6, 6.07) is 0. The normalized spacial score (nSPS) is 18.5. The van der Waals surface area contributed by atoms with Gasteiger partial charge in [0.25, 0.3) is 0 Å². The maximum Gasteiger partial charge on any atom is 0.153 e. The van der Waals surface area contributed by atoms with E-state index in [1.54, 1.807) is 11.8 Å². The van der Waals surface area contributed by atoms with Crippen molar-refractivity contribution >= 4 is 34.1 Å². The third kappa shape index (κ3) is 2.69. The summed E-state index contributed by atoms with van der Waals surface area (Å²) in [6.07, 6.45) is 6.07. The summed E-state index contributed by atoms with van der Waals surface area (Å²) in [5.74, 6) is 0.600. The molecule has 1 aromatic rings. The van der Waals surface area contributed by atoms with Crippen molar-refractivity contribution in [3.63, 3.8) is 0 Å². The number of anilines is 2. The van der Waals surface area contributed by atoms with Crippen LogP contribution in [0.3, 0.4) is 0 Å². The monoisotopic (exact) mass is 273 g/mol. The Labute approximate surface area is 110 Å². The Morgan fingerprint density at radius 3 is 2.76 bits per heavy atom. The molecule has 0 radical (unpaired) electrons. The van der Waals surface area contributed by atoms with Crippen LogP contribution in [0.5, 0.6) is 0 Å². The van der Waals surface area contributed by atoms with Gasteiger partial charge in [-0.05, 0) is 30.6 Å².